The van der Waals surface area contributed by atoms with Gasteiger partial charge in [0.05, 0.1) is 0 Å². The van der Waals surface area contributed by atoms with Crippen molar-refractivity contribution in [1.29, 1.82) is 0 Å². The molecule has 0 saturated heterocycles. The van der Waals surface area contributed by atoms with Gasteiger partial charge in [0, 0.05) is 0 Å². The van der Waals surface area contributed by atoms with Gasteiger partial charge in [-0.05, 0) is 25.3 Å². The van der Waals surface area contributed by atoms with Crippen LogP contribution in [0, 0.1) is 20.8 Å². The number of hydrogen-bond acceptors (Lipinski definition) is 1. The van der Waals surface area contributed by atoms with Crippen molar-refractivity contribution in [2.24, 2.45) is 11.7 Å². The minimum Gasteiger partial charge on any atom is -0.358 e. The van der Waals surface area contributed by atoms with Gasteiger partial charge in [0.15, 0.2) is 0 Å². The number of halogens is 1. The molecular formula is C13H30ClFeN. The first-order chi connectivity index (χ1) is 5.93. The molecule has 2 rings (SSSR count). The van der Waals surface area contributed by atoms with E-state index < -0.39 is 0 Å². The summed E-state index contributed by atoms with van der Waals surface area (Å²) in [6.45, 7) is 0.917. The maximum atomic E-state index is 5.43. The Bertz CT molecular complexity index is 94.5. The Labute approximate surface area is 120 Å². The molecule has 0 atom stereocenters. The van der Waals surface area contributed by atoms with Gasteiger partial charge in [-0.15, -0.1) is 12.4 Å². The molecule has 0 spiro atoms. The minimum absolute atomic E-state index is 0. The second kappa shape index (κ2) is 18.1. The normalized spacial score (nSPS) is 17.8. The smallest absolute Gasteiger partial charge is 0.358 e. The van der Waals surface area contributed by atoms with Crippen molar-refractivity contribution in [1.82, 2.24) is 0 Å². The maximum Gasteiger partial charge on any atom is 2.00 e. The van der Waals surface area contributed by atoms with E-state index in [0.717, 1.165) is 12.5 Å². The van der Waals surface area contributed by atoms with E-state index in [2.05, 4.69) is 0 Å². The van der Waals surface area contributed by atoms with Gasteiger partial charge < -0.3 is 20.6 Å². The Morgan fingerprint density at radius 1 is 0.750 bits per heavy atom. The monoisotopic (exact) mass is 291 g/mol. The minimum atomic E-state index is 0. The third-order valence-corrected chi connectivity index (χ3v) is 3.06. The molecule has 0 bridgehead atoms. The van der Waals surface area contributed by atoms with Crippen LogP contribution < -0.4 is 5.73 Å². The van der Waals surface area contributed by atoms with Crippen molar-refractivity contribution in [3.05, 3.63) is 14.9 Å². The zero-order chi connectivity index (χ0) is 8.65. The molecule has 102 valence electrons. The molecule has 0 aliphatic heterocycles. The summed E-state index contributed by atoms with van der Waals surface area (Å²) < 4.78 is 0. The predicted octanol–water partition coefficient (Wildman–Crippen LogP) is 4.41. The molecule has 2 N–H and O–H groups in total. The maximum absolute atomic E-state index is 5.43. The summed E-state index contributed by atoms with van der Waals surface area (Å²) in [4.78, 5) is 0. The van der Waals surface area contributed by atoms with Gasteiger partial charge >= 0.3 is 17.1 Å². The zero-order valence-electron chi connectivity index (χ0n) is 11.0. The van der Waals surface area contributed by atoms with Crippen molar-refractivity contribution in [2.75, 3.05) is 6.54 Å². The largest absolute Gasteiger partial charge is 2.00 e. The Hall–Kier alpha value is 0.769. The zero-order valence-corrected chi connectivity index (χ0v) is 12.9. The van der Waals surface area contributed by atoms with E-state index in [4.69, 9.17) is 5.73 Å². The van der Waals surface area contributed by atoms with Crippen LogP contribution in [0.5, 0.6) is 0 Å². The summed E-state index contributed by atoms with van der Waals surface area (Å²) in [5, 5.41) is 0. The van der Waals surface area contributed by atoms with E-state index in [1.165, 1.54) is 57.8 Å². The Morgan fingerprint density at radius 3 is 1.25 bits per heavy atom. The van der Waals surface area contributed by atoms with E-state index in [-0.39, 0.29) is 44.3 Å². The summed E-state index contributed by atoms with van der Waals surface area (Å²) >= 11 is 0. The van der Waals surface area contributed by atoms with Crippen molar-refractivity contribution in [3.63, 3.8) is 0 Å². The van der Waals surface area contributed by atoms with Gasteiger partial charge in [0.1, 0.15) is 0 Å². The van der Waals surface area contributed by atoms with Gasteiger partial charge in [-0.25, -0.2) is 0 Å². The molecule has 2 fully saturated rings. The van der Waals surface area contributed by atoms with Crippen LogP contribution in [0.2, 0.25) is 0 Å². The topological polar surface area (TPSA) is 26.0 Å². The molecule has 2 aliphatic carbocycles. The first-order valence-electron chi connectivity index (χ1n) is 5.63. The summed E-state index contributed by atoms with van der Waals surface area (Å²) in [5.74, 6) is 0.875. The molecule has 0 aromatic rings. The summed E-state index contributed by atoms with van der Waals surface area (Å²) in [5.41, 5.74) is 5.43. The first-order valence-corrected chi connectivity index (χ1v) is 5.63. The number of nitrogens with two attached hydrogens (primary N) is 1. The fourth-order valence-electron chi connectivity index (χ4n) is 2.13. The third-order valence-electron chi connectivity index (χ3n) is 3.06. The summed E-state index contributed by atoms with van der Waals surface area (Å²) in [7, 11) is 0. The Morgan fingerprint density at radius 2 is 1.06 bits per heavy atom. The SMILES string of the molecule is C1CCCC1.Cl.NCC1CCCC1.[CH3-].[CH3-].[Fe+2]. The van der Waals surface area contributed by atoms with Crippen molar-refractivity contribution in [2.45, 2.75) is 57.8 Å². The van der Waals surface area contributed by atoms with Gasteiger partial charge in [-0.1, -0.05) is 44.9 Å². The molecule has 0 heterocycles. The van der Waals surface area contributed by atoms with Crippen molar-refractivity contribution >= 4 is 12.4 Å². The van der Waals surface area contributed by atoms with E-state index in [1.54, 1.807) is 0 Å². The Balaban J connectivity index is -0.0000000739. The molecule has 0 aromatic heterocycles. The van der Waals surface area contributed by atoms with Crippen molar-refractivity contribution < 1.29 is 17.1 Å². The van der Waals surface area contributed by atoms with Gasteiger partial charge in [-0.3, -0.25) is 0 Å². The molecule has 0 unspecified atom stereocenters. The molecule has 1 nitrogen and oxygen atoms in total. The van der Waals surface area contributed by atoms with E-state index in [1.807, 2.05) is 0 Å². The van der Waals surface area contributed by atoms with Crippen LogP contribution in [-0.4, -0.2) is 6.54 Å². The van der Waals surface area contributed by atoms with Crippen LogP contribution in [0.15, 0.2) is 0 Å². The van der Waals surface area contributed by atoms with Gasteiger partial charge in [0.2, 0.25) is 0 Å². The quantitative estimate of drug-likeness (QED) is 0.562. The molecular weight excluding hydrogens is 261 g/mol. The fraction of sp³-hybridized carbons (Fsp3) is 0.846. The van der Waals surface area contributed by atoms with Crippen molar-refractivity contribution in [3.8, 4) is 0 Å². The average molecular weight is 292 g/mol. The molecule has 0 radical (unpaired) electrons. The molecule has 3 heteroatoms. The standard InChI is InChI=1S/C6H13N.C5H10.2CH3.ClH.Fe/c7-5-6-3-1-2-4-6;1-2-4-5-3-1;;;;/h6H,1-5,7H2;1-5H2;2*1H3;1H;/q;;2*-1;;+2. The molecule has 2 saturated carbocycles. The number of hydrogen-bond donors (Lipinski definition) is 1. The fourth-order valence-corrected chi connectivity index (χ4v) is 2.13. The van der Waals surface area contributed by atoms with E-state index in [9.17, 15) is 0 Å². The molecule has 0 amide bonds. The second-order valence-electron chi connectivity index (χ2n) is 4.15. The Kier molecular flexibility index (Phi) is 29.0. The molecule has 2 aliphatic rings. The molecule has 16 heavy (non-hydrogen) atoms. The average Bonchev–Trinajstić information content (AvgIpc) is 2.81. The van der Waals surface area contributed by atoms with Crippen LogP contribution in [-0.2, 0) is 17.1 Å². The first kappa shape index (κ1) is 25.6. The van der Waals surface area contributed by atoms with Crippen LogP contribution in [0.1, 0.15) is 57.8 Å². The third kappa shape index (κ3) is 12.8. The number of rotatable bonds is 1. The summed E-state index contributed by atoms with van der Waals surface area (Å²) in [6, 6.07) is 0. The predicted molar refractivity (Wildman–Crippen MR) is 74.2 cm³/mol. The molecule has 0 aromatic carbocycles. The van der Waals surface area contributed by atoms with Crippen LogP contribution in [0.3, 0.4) is 0 Å². The second-order valence-corrected chi connectivity index (χ2v) is 4.15. The van der Waals surface area contributed by atoms with Crippen LogP contribution >= 0.6 is 12.4 Å². The van der Waals surface area contributed by atoms with Gasteiger partial charge in [-0.2, -0.15) is 0 Å². The van der Waals surface area contributed by atoms with Gasteiger partial charge in [0.25, 0.3) is 0 Å². The van der Waals surface area contributed by atoms with Crippen LogP contribution in [0.4, 0.5) is 0 Å². The summed E-state index contributed by atoms with van der Waals surface area (Å²) in [6.07, 6.45) is 13.1. The van der Waals surface area contributed by atoms with Crippen LogP contribution in [0.25, 0.3) is 0 Å². The van der Waals surface area contributed by atoms with E-state index >= 15 is 0 Å². The van der Waals surface area contributed by atoms with E-state index in [0.29, 0.717) is 0 Å².